The number of hydrogen-bond acceptors (Lipinski definition) is 7. The summed E-state index contributed by atoms with van der Waals surface area (Å²) in [5.74, 6) is -0.979. The van der Waals surface area contributed by atoms with Gasteiger partial charge in [0.2, 0.25) is 0 Å². The van der Waals surface area contributed by atoms with Gasteiger partial charge in [0.15, 0.2) is 5.69 Å². The summed E-state index contributed by atoms with van der Waals surface area (Å²) in [4.78, 5) is 43.4. The summed E-state index contributed by atoms with van der Waals surface area (Å²) in [5, 5.41) is 15.2. The van der Waals surface area contributed by atoms with Gasteiger partial charge >= 0.3 is 0 Å². The Labute approximate surface area is 206 Å². The first-order chi connectivity index (χ1) is 17.0. The van der Waals surface area contributed by atoms with Crippen LogP contribution in [0.15, 0.2) is 40.2 Å². The van der Waals surface area contributed by atoms with E-state index in [9.17, 15) is 19.6 Å². The lowest BCUT2D eigenvalue weighted by Crippen LogP contribution is -2.43. The molecule has 0 aliphatic heterocycles. The number of thioether (sulfide) groups is 1. The van der Waals surface area contributed by atoms with Crippen LogP contribution in [0.25, 0.3) is 10.8 Å². The Morgan fingerprint density at radius 2 is 1.89 bits per heavy atom. The van der Waals surface area contributed by atoms with Gasteiger partial charge in [0.05, 0.1) is 16.5 Å². The lowest BCUT2D eigenvalue weighted by atomic mass is 10.1. The van der Waals surface area contributed by atoms with Crippen molar-refractivity contribution in [3.8, 4) is 6.07 Å². The van der Waals surface area contributed by atoms with Crippen molar-refractivity contribution in [1.29, 1.82) is 5.26 Å². The number of fused-ring (bicyclic) bond motifs is 1. The Morgan fingerprint density at radius 3 is 2.54 bits per heavy atom. The molecule has 2 N–H and O–H groups in total. The summed E-state index contributed by atoms with van der Waals surface area (Å²) in [6.45, 7) is 2.46. The number of hydrazine groups is 1. The van der Waals surface area contributed by atoms with Crippen molar-refractivity contribution in [2.24, 2.45) is 0 Å². The second-order valence-electron chi connectivity index (χ2n) is 8.40. The number of pyridine rings is 1. The topological polar surface area (TPSA) is 130 Å². The molecule has 2 amide bonds. The first-order valence-electron chi connectivity index (χ1n) is 11.6. The Kier molecular flexibility index (Phi) is 7.46. The van der Waals surface area contributed by atoms with E-state index in [-0.39, 0.29) is 22.4 Å². The van der Waals surface area contributed by atoms with Crippen molar-refractivity contribution < 1.29 is 9.59 Å². The molecule has 4 rings (SSSR count). The van der Waals surface area contributed by atoms with E-state index in [0.29, 0.717) is 28.3 Å². The molecule has 3 aromatic rings. The molecule has 180 valence electrons. The maximum atomic E-state index is 13.1. The standard InChI is InChI=1S/C25H26N6O3S/c1-3-4-7-12-31-25(34)17-9-6-5-8-16(17)21(30-31)23(33)29-28-22(32)18-13-20(15-10-11-15)27-24(35-2)19(18)14-26/h5-6,8-9,13,15H,3-4,7,10-12H2,1-2H3,(H,28,32)(H,29,33). The van der Waals surface area contributed by atoms with Crippen LogP contribution >= 0.6 is 11.8 Å². The molecule has 2 heterocycles. The first kappa shape index (κ1) is 24.4. The predicted molar refractivity (Wildman–Crippen MR) is 133 cm³/mol. The first-order valence-corrected chi connectivity index (χ1v) is 12.8. The molecule has 1 fully saturated rings. The van der Waals surface area contributed by atoms with Gasteiger partial charge in [-0.2, -0.15) is 10.4 Å². The molecule has 0 unspecified atom stereocenters. The zero-order chi connectivity index (χ0) is 24.9. The number of carbonyl (C=O) groups excluding carboxylic acids is 2. The predicted octanol–water partition coefficient (Wildman–Crippen LogP) is 3.53. The van der Waals surface area contributed by atoms with Crippen molar-refractivity contribution in [2.45, 2.75) is 56.5 Å². The van der Waals surface area contributed by atoms with Crippen molar-refractivity contribution in [2.75, 3.05) is 6.26 Å². The van der Waals surface area contributed by atoms with Crippen LogP contribution in [-0.4, -0.2) is 32.8 Å². The maximum absolute atomic E-state index is 13.1. The van der Waals surface area contributed by atoms with Gasteiger partial charge in [-0.05, 0) is 37.7 Å². The van der Waals surface area contributed by atoms with E-state index in [1.165, 1.54) is 16.4 Å². The maximum Gasteiger partial charge on any atom is 0.290 e. The normalized spacial score (nSPS) is 12.8. The lowest BCUT2D eigenvalue weighted by molar-refractivity contribution is 0.0843. The highest BCUT2D eigenvalue weighted by molar-refractivity contribution is 7.98. The Bertz CT molecular complexity index is 1390. The molecule has 35 heavy (non-hydrogen) atoms. The van der Waals surface area contributed by atoms with Gasteiger partial charge in [0.1, 0.15) is 11.1 Å². The average molecular weight is 491 g/mol. The van der Waals surface area contributed by atoms with Gasteiger partial charge in [0.25, 0.3) is 17.4 Å². The minimum absolute atomic E-state index is 0.0377. The number of nitrogens with zero attached hydrogens (tertiary/aromatic N) is 4. The van der Waals surface area contributed by atoms with Crippen LogP contribution < -0.4 is 16.4 Å². The largest absolute Gasteiger partial charge is 0.290 e. The summed E-state index contributed by atoms with van der Waals surface area (Å²) in [5.41, 5.74) is 5.69. The van der Waals surface area contributed by atoms with E-state index in [1.807, 2.05) is 0 Å². The number of rotatable bonds is 8. The molecule has 0 radical (unpaired) electrons. The third-order valence-electron chi connectivity index (χ3n) is 5.90. The number of carbonyl (C=O) groups is 2. The summed E-state index contributed by atoms with van der Waals surface area (Å²) < 4.78 is 1.30. The molecule has 9 nitrogen and oxygen atoms in total. The number of hydrogen-bond donors (Lipinski definition) is 2. The molecule has 0 spiro atoms. The van der Waals surface area contributed by atoms with Gasteiger partial charge in [-0.25, -0.2) is 9.67 Å². The third kappa shape index (κ3) is 5.20. The molecule has 1 aliphatic rings. The molecule has 0 atom stereocenters. The van der Waals surface area contributed by atoms with Crippen molar-refractivity contribution in [3.05, 3.63) is 63.2 Å². The molecule has 2 aromatic heterocycles. The van der Waals surface area contributed by atoms with Crippen LogP contribution in [0.1, 0.15) is 77.0 Å². The minimum atomic E-state index is -0.654. The van der Waals surface area contributed by atoms with Crippen LogP contribution in [-0.2, 0) is 6.54 Å². The second kappa shape index (κ2) is 10.7. The van der Waals surface area contributed by atoms with Gasteiger partial charge in [-0.3, -0.25) is 25.2 Å². The van der Waals surface area contributed by atoms with Gasteiger partial charge < -0.3 is 0 Å². The Balaban J connectivity index is 1.60. The summed E-state index contributed by atoms with van der Waals surface area (Å²) in [7, 11) is 0. The van der Waals surface area contributed by atoms with Crippen LogP contribution in [0.4, 0.5) is 0 Å². The number of aryl methyl sites for hydroxylation is 1. The molecule has 1 aromatic carbocycles. The molecule has 0 bridgehead atoms. The van der Waals surface area contributed by atoms with Crippen LogP contribution in [0.5, 0.6) is 0 Å². The van der Waals surface area contributed by atoms with Gasteiger partial charge in [-0.15, -0.1) is 11.8 Å². The molecule has 1 aliphatic carbocycles. The fraction of sp³-hybridized carbons (Fsp3) is 0.360. The lowest BCUT2D eigenvalue weighted by Gasteiger charge is -2.13. The number of amides is 2. The zero-order valence-corrected chi connectivity index (χ0v) is 20.4. The van der Waals surface area contributed by atoms with Crippen LogP contribution in [0.3, 0.4) is 0 Å². The zero-order valence-electron chi connectivity index (χ0n) is 19.6. The fourth-order valence-electron chi connectivity index (χ4n) is 3.87. The molecule has 0 saturated heterocycles. The summed E-state index contributed by atoms with van der Waals surface area (Å²) in [6, 6.07) is 10.4. The molecule has 10 heteroatoms. The van der Waals surface area contributed by atoms with E-state index in [4.69, 9.17) is 0 Å². The summed E-state index contributed by atoms with van der Waals surface area (Å²) in [6.07, 6.45) is 6.48. The van der Waals surface area contributed by atoms with Gasteiger partial charge in [0, 0.05) is 23.5 Å². The highest BCUT2D eigenvalue weighted by Crippen LogP contribution is 2.40. The van der Waals surface area contributed by atoms with E-state index in [0.717, 1.165) is 37.8 Å². The number of unbranched alkanes of at least 4 members (excludes halogenated alkanes) is 2. The highest BCUT2D eigenvalue weighted by Gasteiger charge is 2.28. The van der Waals surface area contributed by atoms with Crippen molar-refractivity contribution >= 4 is 34.3 Å². The molecular weight excluding hydrogens is 464 g/mol. The van der Waals surface area contributed by atoms with E-state index in [2.05, 4.69) is 33.9 Å². The third-order valence-corrected chi connectivity index (χ3v) is 6.58. The van der Waals surface area contributed by atoms with E-state index < -0.39 is 11.8 Å². The van der Waals surface area contributed by atoms with Gasteiger partial charge in [-0.1, -0.05) is 38.0 Å². The Morgan fingerprint density at radius 1 is 1.17 bits per heavy atom. The fourth-order valence-corrected chi connectivity index (χ4v) is 4.43. The Hall–Kier alpha value is -3.71. The molecule has 1 saturated carbocycles. The number of nitrogens with one attached hydrogen (secondary N) is 2. The number of benzene rings is 1. The van der Waals surface area contributed by atoms with E-state index >= 15 is 0 Å². The number of nitriles is 1. The highest BCUT2D eigenvalue weighted by atomic mass is 32.2. The quantitative estimate of drug-likeness (QED) is 0.281. The number of aromatic nitrogens is 3. The van der Waals surface area contributed by atoms with Crippen LogP contribution in [0.2, 0.25) is 0 Å². The monoisotopic (exact) mass is 490 g/mol. The molecular formula is C25H26N6O3S. The summed E-state index contributed by atoms with van der Waals surface area (Å²) >= 11 is 1.30. The second-order valence-corrected chi connectivity index (χ2v) is 9.20. The smallest absolute Gasteiger partial charge is 0.267 e. The van der Waals surface area contributed by atoms with Crippen molar-refractivity contribution in [3.63, 3.8) is 0 Å². The average Bonchev–Trinajstić information content (AvgIpc) is 3.73. The van der Waals surface area contributed by atoms with E-state index in [1.54, 1.807) is 36.6 Å². The SMILES string of the molecule is CCCCCn1nc(C(=O)NNC(=O)c2cc(C3CC3)nc(SC)c2C#N)c2ccccc2c1=O. The van der Waals surface area contributed by atoms with Crippen molar-refractivity contribution in [1.82, 2.24) is 25.6 Å². The van der Waals surface area contributed by atoms with Crippen LogP contribution in [0, 0.1) is 11.3 Å². The minimum Gasteiger partial charge on any atom is -0.267 e.